The molecule has 2 amide bonds. The number of ether oxygens (including phenoxy) is 1. The molecule has 2 aromatic heterocycles. The summed E-state index contributed by atoms with van der Waals surface area (Å²) in [5.74, 6) is -0.892. The molecule has 2 aromatic rings. The molecular formula is C17H20N4O4S. The first-order valence-electron chi connectivity index (χ1n) is 8.27. The number of fused-ring (bicyclic) bond motifs is 1. The normalized spacial score (nSPS) is 13.3. The molecule has 3 heterocycles. The van der Waals surface area contributed by atoms with Crippen molar-refractivity contribution < 1.29 is 19.1 Å². The Bertz CT molecular complexity index is 870. The van der Waals surface area contributed by atoms with Crippen molar-refractivity contribution in [2.45, 2.75) is 33.4 Å². The molecule has 0 bridgehead atoms. The van der Waals surface area contributed by atoms with E-state index in [1.165, 1.54) is 25.4 Å². The molecule has 0 unspecified atom stereocenters. The number of aromatic nitrogens is 2. The van der Waals surface area contributed by atoms with Crippen molar-refractivity contribution in [3.05, 3.63) is 34.0 Å². The minimum atomic E-state index is -0.492. The van der Waals surface area contributed by atoms with Crippen LogP contribution in [0.15, 0.2) is 12.3 Å². The first-order valence-corrected chi connectivity index (χ1v) is 9.09. The summed E-state index contributed by atoms with van der Waals surface area (Å²) in [6.07, 6.45) is 2.27. The van der Waals surface area contributed by atoms with Gasteiger partial charge in [-0.2, -0.15) is 5.10 Å². The number of thiophene rings is 1. The van der Waals surface area contributed by atoms with Crippen LogP contribution in [0, 0.1) is 0 Å². The molecule has 0 aliphatic carbocycles. The zero-order chi connectivity index (χ0) is 18.8. The molecule has 0 radical (unpaired) electrons. The molecule has 8 nitrogen and oxygen atoms in total. The summed E-state index contributed by atoms with van der Waals surface area (Å²) in [7, 11) is 1.31. The van der Waals surface area contributed by atoms with Gasteiger partial charge >= 0.3 is 5.97 Å². The molecule has 0 saturated heterocycles. The van der Waals surface area contributed by atoms with Crippen LogP contribution >= 0.6 is 11.3 Å². The molecule has 0 saturated carbocycles. The molecule has 3 rings (SSSR count). The van der Waals surface area contributed by atoms with Gasteiger partial charge in [0.25, 0.3) is 5.91 Å². The average molecular weight is 376 g/mol. The van der Waals surface area contributed by atoms with Crippen LogP contribution in [0.25, 0.3) is 0 Å². The van der Waals surface area contributed by atoms with E-state index in [2.05, 4.69) is 10.4 Å². The number of carbonyl (C=O) groups is 3. The average Bonchev–Trinajstić information content (AvgIpc) is 3.24. The predicted molar refractivity (Wildman–Crippen MR) is 96.3 cm³/mol. The minimum Gasteiger partial charge on any atom is -0.465 e. The Labute approximate surface area is 154 Å². The van der Waals surface area contributed by atoms with Crippen LogP contribution in [0.4, 0.5) is 5.00 Å². The lowest BCUT2D eigenvalue weighted by Crippen LogP contribution is -2.33. The smallest absolute Gasteiger partial charge is 0.341 e. The number of anilines is 1. The summed E-state index contributed by atoms with van der Waals surface area (Å²) < 4.78 is 6.55. The Balaban J connectivity index is 1.92. The molecular weight excluding hydrogens is 356 g/mol. The van der Waals surface area contributed by atoms with Crippen molar-refractivity contribution in [3.8, 4) is 0 Å². The second kappa shape index (κ2) is 7.28. The standard InChI is InChI=1S/C17H20N4O4S/c1-4-21-8-6-12(19-21)15(23)18-16-14(17(24)25-3)11-5-7-20(10(2)22)9-13(11)26-16/h6,8H,4-5,7,9H2,1-3H3,(H,18,23). The van der Waals surface area contributed by atoms with Crippen molar-refractivity contribution in [2.75, 3.05) is 19.0 Å². The lowest BCUT2D eigenvalue weighted by atomic mass is 10.0. The van der Waals surface area contributed by atoms with Gasteiger partial charge in [-0.15, -0.1) is 11.3 Å². The zero-order valence-corrected chi connectivity index (χ0v) is 15.7. The van der Waals surface area contributed by atoms with Crippen molar-refractivity contribution >= 4 is 34.1 Å². The van der Waals surface area contributed by atoms with Crippen molar-refractivity contribution in [3.63, 3.8) is 0 Å². The van der Waals surface area contributed by atoms with E-state index < -0.39 is 5.97 Å². The highest BCUT2D eigenvalue weighted by molar-refractivity contribution is 7.17. The molecule has 138 valence electrons. The molecule has 0 atom stereocenters. The molecule has 0 spiro atoms. The SMILES string of the molecule is CCn1ccc(C(=O)Nc2sc3c(c2C(=O)OC)CCN(C(C)=O)C3)n1. The number of carbonyl (C=O) groups excluding carboxylic acids is 3. The second-order valence-electron chi connectivity index (χ2n) is 5.90. The lowest BCUT2D eigenvalue weighted by molar-refractivity contribution is -0.129. The topological polar surface area (TPSA) is 93.5 Å². The Morgan fingerprint density at radius 1 is 1.38 bits per heavy atom. The van der Waals surface area contributed by atoms with Gasteiger partial charge in [-0.05, 0) is 25.0 Å². The van der Waals surface area contributed by atoms with Crippen molar-refractivity contribution in [2.24, 2.45) is 0 Å². The number of hydrogen-bond acceptors (Lipinski definition) is 6. The quantitative estimate of drug-likeness (QED) is 0.823. The molecule has 0 fully saturated rings. The van der Waals surface area contributed by atoms with Crippen LogP contribution in [0.1, 0.15) is 45.1 Å². The van der Waals surface area contributed by atoms with E-state index in [-0.39, 0.29) is 17.5 Å². The van der Waals surface area contributed by atoms with E-state index in [0.717, 1.165) is 10.4 Å². The number of methoxy groups -OCH3 is 1. The Morgan fingerprint density at radius 2 is 2.15 bits per heavy atom. The minimum absolute atomic E-state index is 0.0145. The number of hydrogen-bond donors (Lipinski definition) is 1. The van der Waals surface area contributed by atoms with E-state index in [0.29, 0.717) is 36.6 Å². The Morgan fingerprint density at radius 3 is 2.77 bits per heavy atom. The zero-order valence-electron chi connectivity index (χ0n) is 14.9. The number of rotatable bonds is 4. The molecule has 1 aliphatic rings. The fraction of sp³-hybridized carbons (Fsp3) is 0.412. The van der Waals surface area contributed by atoms with Gasteiger partial charge in [-0.25, -0.2) is 4.79 Å². The van der Waals surface area contributed by atoms with Crippen molar-refractivity contribution in [1.82, 2.24) is 14.7 Å². The number of nitrogens with one attached hydrogen (secondary N) is 1. The highest BCUT2D eigenvalue weighted by atomic mass is 32.1. The third kappa shape index (κ3) is 3.34. The van der Waals surface area contributed by atoms with Gasteiger partial charge < -0.3 is 15.0 Å². The van der Waals surface area contributed by atoms with Gasteiger partial charge in [0, 0.05) is 31.1 Å². The Kier molecular flexibility index (Phi) is 5.08. The second-order valence-corrected chi connectivity index (χ2v) is 7.01. The van der Waals surface area contributed by atoms with E-state index in [1.54, 1.807) is 21.8 Å². The van der Waals surface area contributed by atoms with E-state index >= 15 is 0 Å². The van der Waals surface area contributed by atoms with Crippen LogP contribution in [-0.2, 0) is 29.0 Å². The number of nitrogens with zero attached hydrogens (tertiary/aromatic N) is 3. The largest absolute Gasteiger partial charge is 0.465 e. The third-order valence-electron chi connectivity index (χ3n) is 4.32. The van der Waals surface area contributed by atoms with Crippen LogP contribution in [0.2, 0.25) is 0 Å². The molecule has 1 N–H and O–H groups in total. The fourth-order valence-electron chi connectivity index (χ4n) is 2.90. The first-order chi connectivity index (χ1) is 12.4. The maximum Gasteiger partial charge on any atom is 0.341 e. The monoisotopic (exact) mass is 376 g/mol. The lowest BCUT2D eigenvalue weighted by Gasteiger charge is -2.25. The van der Waals surface area contributed by atoms with E-state index in [4.69, 9.17) is 4.74 Å². The summed E-state index contributed by atoms with van der Waals surface area (Å²) in [6, 6.07) is 1.63. The highest BCUT2D eigenvalue weighted by Gasteiger charge is 2.30. The summed E-state index contributed by atoms with van der Waals surface area (Å²) in [4.78, 5) is 39.0. The summed E-state index contributed by atoms with van der Waals surface area (Å²) in [5, 5.41) is 7.39. The van der Waals surface area contributed by atoms with Crippen molar-refractivity contribution in [1.29, 1.82) is 0 Å². The van der Waals surface area contributed by atoms with Gasteiger partial charge in [0.05, 0.1) is 19.2 Å². The summed E-state index contributed by atoms with van der Waals surface area (Å²) >= 11 is 1.30. The van der Waals surface area contributed by atoms with E-state index in [9.17, 15) is 14.4 Å². The number of amides is 2. The first kappa shape index (κ1) is 18.1. The predicted octanol–water partition coefficient (Wildman–Crippen LogP) is 1.91. The van der Waals surface area contributed by atoms with Gasteiger partial charge in [-0.1, -0.05) is 0 Å². The fourth-order valence-corrected chi connectivity index (χ4v) is 4.15. The number of aryl methyl sites for hydroxylation is 1. The maximum absolute atomic E-state index is 12.5. The van der Waals surface area contributed by atoms with Crippen LogP contribution in [0.3, 0.4) is 0 Å². The van der Waals surface area contributed by atoms with Crippen LogP contribution in [0.5, 0.6) is 0 Å². The third-order valence-corrected chi connectivity index (χ3v) is 5.45. The van der Waals surface area contributed by atoms with Crippen LogP contribution in [-0.4, -0.2) is 46.1 Å². The molecule has 9 heteroatoms. The molecule has 1 aliphatic heterocycles. The maximum atomic E-state index is 12.5. The summed E-state index contributed by atoms with van der Waals surface area (Å²) in [5.41, 5.74) is 1.49. The van der Waals surface area contributed by atoms with Gasteiger partial charge in [0.1, 0.15) is 5.00 Å². The number of esters is 1. The van der Waals surface area contributed by atoms with Gasteiger partial charge in [-0.3, -0.25) is 14.3 Å². The summed E-state index contributed by atoms with van der Waals surface area (Å²) in [6.45, 7) is 5.08. The Hall–Kier alpha value is -2.68. The van der Waals surface area contributed by atoms with E-state index in [1.807, 2.05) is 6.92 Å². The molecule has 0 aromatic carbocycles. The van der Waals surface area contributed by atoms with Gasteiger partial charge in [0.15, 0.2) is 5.69 Å². The highest BCUT2D eigenvalue weighted by Crippen LogP contribution is 2.37. The van der Waals surface area contributed by atoms with Crippen LogP contribution < -0.4 is 5.32 Å². The van der Waals surface area contributed by atoms with Gasteiger partial charge in [0.2, 0.25) is 5.91 Å². The molecule has 26 heavy (non-hydrogen) atoms.